The van der Waals surface area contributed by atoms with Crippen LogP contribution in [0.1, 0.15) is 24.5 Å². The Morgan fingerprint density at radius 2 is 1.96 bits per heavy atom. The van der Waals surface area contributed by atoms with Crippen LogP contribution in [0.5, 0.6) is 5.75 Å². The summed E-state index contributed by atoms with van der Waals surface area (Å²) < 4.78 is 23.6. The van der Waals surface area contributed by atoms with Gasteiger partial charge >= 0.3 is 5.97 Å². The summed E-state index contributed by atoms with van der Waals surface area (Å²) in [6.45, 7) is 1.16. The van der Waals surface area contributed by atoms with Crippen molar-refractivity contribution in [2.24, 2.45) is 0 Å². The fraction of sp³-hybridized carbons (Fsp3) is 0.300. The maximum Gasteiger partial charge on any atom is 0.344 e. The monoisotopic (exact) mass is 357 g/mol. The van der Waals surface area contributed by atoms with Crippen LogP contribution in [-0.4, -0.2) is 24.6 Å². The topological polar surface area (TPSA) is 64.6 Å². The molecule has 0 fully saturated rings. The Morgan fingerprint density at radius 3 is 2.77 bits per heavy atom. The van der Waals surface area contributed by atoms with Crippen molar-refractivity contribution in [2.45, 2.75) is 32.3 Å². The molecule has 1 aliphatic rings. The van der Waals surface area contributed by atoms with Crippen molar-refractivity contribution < 1.29 is 23.5 Å². The van der Waals surface area contributed by atoms with Gasteiger partial charge in [-0.1, -0.05) is 12.1 Å². The van der Waals surface area contributed by atoms with E-state index in [9.17, 15) is 14.0 Å². The van der Waals surface area contributed by atoms with Crippen molar-refractivity contribution >= 4 is 17.6 Å². The first kappa shape index (κ1) is 17.9. The highest BCUT2D eigenvalue weighted by Gasteiger charge is 2.19. The number of ether oxygens (including phenoxy) is 2. The molecular formula is C20H20FNO4. The van der Waals surface area contributed by atoms with Crippen LogP contribution < -0.4 is 10.1 Å². The second-order valence-corrected chi connectivity index (χ2v) is 6.20. The molecule has 1 atom stereocenters. The summed E-state index contributed by atoms with van der Waals surface area (Å²) in [4.78, 5) is 23.9. The van der Waals surface area contributed by atoms with Crippen LogP contribution in [0.15, 0.2) is 42.5 Å². The molecule has 0 unspecified atom stereocenters. The van der Waals surface area contributed by atoms with Gasteiger partial charge in [0.2, 0.25) is 0 Å². The summed E-state index contributed by atoms with van der Waals surface area (Å²) in [5.74, 6) is -1.04. The number of fused-ring (bicyclic) bond motifs is 1. The summed E-state index contributed by atoms with van der Waals surface area (Å²) in [5, 5.41) is 2.49. The summed E-state index contributed by atoms with van der Waals surface area (Å²) >= 11 is 0. The highest BCUT2D eigenvalue weighted by Crippen LogP contribution is 2.26. The Hall–Kier alpha value is -2.89. The first-order chi connectivity index (χ1) is 12.5. The lowest BCUT2D eigenvalue weighted by Crippen LogP contribution is -2.31. The smallest absolute Gasteiger partial charge is 0.344 e. The number of anilines is 1. The van der Waals surface area contributed by atoms with Crippen molar-refractivity contribution in [3.05, 3.63) is 59.4 Å². The molecule has 3 rings (SSSR count). The lowest BCUT2D eigenvalue weighted by atomic mass is 10.1. The first-order valence-electron chi connectivity index (χ1n) is 8.52. The Balaban J connectivity index is 1.47. The van der Waals surface area contributed by atoms with Gasteiger partial charge in [-0.2, -0.15) is 0 Å². The molecule has 0 radical (unpaired) electrons. The van der Waals surface area contributed by atoms with Gasteiger partial charge in [-0.05, 0) is 67.6 Å². The van der Waals surface area contributed by atoms with Crippen LogP contribution in [0, 0.1) is 5.82 Å². The number of esters is 1. The summed E-state index contributed by atoms with van der Waals surface area (Å²) in [6, 6.07) is 11.3. The van der Waals surface area contributed by atoms with E-state index in [1.54, 1.807) is 6.07 Å². The second kappa shape index (κ2) is 7.99. The number of halogens is 1. The molecule has 2 aromatic carbocycles. The molecule has 2 aromatic rings. The molecule has 5 nitrogen and oxygen atoms in total. The van der Waals surface area contributed by atoms with Gasteiger partial charge in [0, 0.05) is 5.69 Å². The zero-order valence-electron chi connectivity index (χ0n) is 14.5. The van der Waals surface area contributed by atoms with E-state index in [-0.39, 0.29) is 6.61 Å². The van der Waals surface area contributed by atoms with E-state index >= 15 is 0 Å². The molecule has 1 N–H and O–H groups in total. The van der Waals surface area contributed by atoms with Gasteiger partial charge in [0.05, 0.1) is 0 Å². The summed E-state index contributed by atoms with van der Waals surface area (Å²) in [6.07, 6.45) is 2.22. The van der Waals surface area contributed by atoms with Gasteiger partial charge in [0.25, 0.3) is 5.91 Å². The zero-order chi connectivity index (χ0) is 18.5. The first-order valence-corrected chi connectivity index (χ1v) is 8.52. The van der Waals surface area contributed by atoms with Gasteiger partial charge in [-0.25, -0.2) is 9.18 Å². The number of carbonyl (C=O) groups excluding carboxylic acids is 2. The third-order valence-electron chi connectivity index (χ3n) is 4.20. The average Bonchev–Trinajstić information content (AvgIpc) is 3.07. The highest BCUT2D eigenvalue weighted by atomic mass is 19.1. The molecule has 1 amide bonds. The van der Waals surface area contributed by atoms with Crippen molar-refractivity contribution in [2.75, 3.05) is 11.9 Å². The molecule has 0 saturated carbocycles. The zero-order valence-corrected chi connectivity index (χ0v) is 14.5. The van der Waals surface area contributed by atoms with Gasteiger partial charge in [0.1, 0.15) is 11.6 Å². The number of amides is 1. The minimum Gasteiger partial charge on any atom is -0.482 e. The maximum atomic E-state index is 13.1. The van der Waals surface area contributed by atoms with E-state index in [1.807, 2.05) is 18.2 Å². The van der Waals surface area contributed by atoms with Crippen LogP contribution in [0.3, 0.4) is 0 Å². The van der Waals surface area contributed by atoms with Crippen molar-refractivity contribution in [3.8, 4) is 5.75 Å². The fourth-order valence-corrected chi connectivity index (χ4v) is 2.88. The van der Waals surface area contributed by atoms with Crippen molar-refractivity contribution in [1.82, 2.24) is 0 Å². The number of benzene rings is 2. The van der Waals surface area contributed by atoms with Gasteiger partial charge in [-0.3, -0.25) is 4.79 Å². The average molecular weight is 357 g/mol. The number of hydrogen-bond donors (Lipinski definition) is 1. The van der Waals surface area contributed by atoms with E-state index in [2.05, 4.69) is 5.32 Å². The highest BCUT2D eigenvalue weighted by molar-refractivity contribution is 5.95. The van der Waals surface area contributed by atoms with E-state index < -0.39 is 23.8 Å². The molecule has 0 aromatic heterocycles. The lowest BCUT2D eigenvalue weighted by Gasteiger charge is -2.14. The van der Waals surface area contributed by atoms with E-state index in [1.165, 1.54) is 36.2 Å². The summed E-state index contributed by atoms with van der Waals surface area (Å²) in [5.41, 5.74) is 2.87. The van der Waals surface area contributed by atoms with E-state index in [4.69, 9.17) is 9.47 Å². The standard InChI is InChI=1S/C20H20FNO4/c1-13(20(24)22-17-7-3-6-16(21)11-17)26-19(23)12-25-18-9-8-14-4-2-5-15(14)10-18/h3,6-11,13H,2,4-5,12H2,1H3,(H,22,24)/t13-/m0/s1. The van der Waals surface area contributed by atoms with Crippen molar-refractivity contribution in [1.29, 1.82) is 0 Å². The predicted molar refractivity (Wildman–Crippen MR) is 94.5 cm³/mol. The number of carbonyl (C=O) groups is 2. The predicted octanol–water partition coefficient (Wildman–Crippen LogP) is 3.26. The Bertz CT molecular complexity index is 821. The van der Waals surface area contributed by atoms with Gasteiger partial charge < -0.3 is 14.8 Å². The quantitative estimate of drug-likeness (QED) is 0.806. The molecular weight excluding hydrogens is 337 g/mol. The molecule has 0 spiro atoms. The van der Waals surface area contributed by atoms with Crippen LogP contribution >= 0.6 is 0 Å². The normalized spacial score (nSPS) is 13.6. The minimum absolute atomic E-state index is 0.281. The molecule has 136 valence electrons. The Kier molecular flexibility index (Phi) is 5.51. The molecule has 0 saturated heterocycles. The molecule has 0 heterocycles. The van der Waals surface area contributed by atoms with E-state index in [0.717, 1.165) is 19.3 Å². The fourth-order valence-electron chi connectivity index (χ4n) is 2.88. The van der Waals surface area contributed by atoms with Crippen LogP contribution in [0.2, 0.25) is 0 Å². The third kappa shape index (κ3) is 4.59. The number of rotatable bonds is 6. The second-order valence-electron chi connectivity index (χ2n) is 6.20. The van der Waals surface area contributed by atoms with Crippen molar-refractivity contribution in [3.63, 3.8) is 0 Å². The maximum absolute atomic E-state index is 13.1. The van der Waals surface area contributed by atoms with Crippen LogP contribution in [0.25, 0.3) is 0 Å². The lowest BCUT2D eigenvalue weighted by molar-refractivity contribution is -0.155. The Morgan fingerprint density at radius 1 is 1.15 bits per heavy atom. The van der Waals surface area contributed by atoms with Gasteiger partial charge in [0.15, 0.2) is 12.7 Å². The Labute approximate surface area is 151 Å². The van der Waals surface area contributed by atoms with E-state index in [0.29, 0.717) is 11.4 Å². The molecule has 0 bridgehead atoms. The molecule has 26 heavy (non-hydrogen) atoms. The number of hydrogen-bond acceptors (Lipinski definition) is 4. The number of aryl methyl sites for hydroxylation is 2. The molecule has 1 aliphatic carbocycles. The minimum atomic E-state index is -1.02. The molecule has 6 heteroatoms. The summed E-state index contributed by atoms with van der Waals surface area (Å²) in [7, 11) is 0. The molecule has 0 aliphatic heterocycles. The third-order valence-corrected chi connectivity index (χ3v) is 4.20. The van der Waals surface area contributed by atoms with Gasteiger partial charge in [-0.15, -0.1) is 0 Å². The van der Waals surface area contributed by atoms with Crippen LogP contribution in [0.4, 0.5) is 10.1 Å². The largest absolute Gasteiger partial charge is 0.482 e. The number of nitrogens with one attached hydrogen (secondary N) is 1. The SMILES string of the molecule is C[C@H](OC(=O)COc1ccc2c(c1)CCC2)C(=O)Nc1cccc(F)c1. The van der Waals surface area contributed by atoms with Crippen LogP contribution in [-0.2, 0) is 27.2 Å².